The van der Waals surface area contributed by atoms with Gasteiger partial charge in [0.05, 0.1) is 0 Å². The molecule has 0 aliphatic rings. The molecule has 3 aromatic rings. The van der Waals surface area contributed by atoms with Crippen LogP contribution in [0.5, 0.6) is 11.6 Å². The number of rotatable bonds is 4. The Bertz CT molecular complexity index is 873. The van der Waals surface area contributed by atoms with Gasteiger partial charge in [-0.2, -0.15) is 9.97 Å². The molecule has 0 bridgehead atoms. The number of nitrogen functional groups attached to an aromatic ring is 1. The first-order valence-electron chi connectivity index (χ1n) is 6.89. The lowest BCUT2D eigenvalue weighted by Crippen LogP contribution is -2.14. The lowest BCUT2D eigenvalue weighted by molar-refractivity contribution is 0.102. The van der Waals surface area contributed by atoms with E-state index in [1.54, 1.807) is 48.8 Å². The summed E-state index contributed by atoms with van der Waals surface area (Å²) in [4.78, 5) is 24.1. The lowest BCUT2D eigenvalue weighted by Gasteiger charge is -2.08. The number of hydrogen-bond acceptors (Lipinski definition) is 6. The average Bonchev–Trinajstić information content (AvgIpc) is 2.55. The molecule has 0 radical (unpaired) electrons. The maximum atomic E-state index is 12.2. The highest BCUT2D eigenvalue weighted by atomic mass is 35.5. The van der Waals surface area contributed by atoms with Crippen molar-refractivity contribution in [3.8, 4) is 11.6 Å². The van der Waals surface area contributed by atoms with Crippen molar-refractivity contribution in [2.45, 2.75) is 0 Å². The molecule has 120 valence electrons. The highest BCUT2D eigenvalue weighted by molar-refractivity contribution is 6.31. The van der Waals surface area contributed by atoms with Gasteiger partial charge in [0, 0.05) is 29.0 Å². The van der Waals surface area contributed by atoms with E-state index in [1.165, 1.54) is 6.07 Å². The molecule has 0 aliphatic heterocycles. The number of ether oxygens (including phenoxy) is 1. The van der Waals surface area contributed by atoms with Crippen LogP contribution >= 0.6 is 11.6 Å². The predicted molar refractivity (Wildman–Crippen MR) is 90.2 cm³/mol. The maximum Gasteiger partial charge on any atom is 0.256 e. The number of halogens is 1. The van der Waals surface area contributed by atoms with Crippen molar-refractivity contribution in [3.05, 3.63) is 65.4 Å². The van der Waals surface area contributed by atoms with E-state index in [9.17, 15) is 4.79 Å². The van der Waals surface area contributed by atoms with E-state index in [1.807, 2.05) is 0 Å². The second kappa shape index (κ2) is 6.93. The zero-order chi connectivity index (χ0) is 16.9. The molecule has 1 amide bonds. The fourth-order valence-electron chi connectivity index (χ4n) is 1.90. The lowest BCUT2D eigenvalue weighted by atomic mass is 10.2. The Labute approximate surface area is 142 Å². The van der Waals surface area contributed by atoms with E-state index < -0.39 is 0 Å². The second-order valence-electron chi connectivity index (χ2n) is 4.70. The molecule has 0 atom stereocenters. The molecule has 8 heteroatoms. The molecule has 1 aromatic carbocycles. The standard InChI is InChI=1S/C16H12ClN5O2/c17-11-3-1-2-10(8-11)15(23)20-13-9-14(22-16(18)21-13)24-12-4-6-19-7-5-12/h1-9H,(H3,18,20,21,22,23). The van der Waals surface area contributed by atoms with Crippen LogP contribution in [0.25, 0.3) is 0 Å². The summed E-state index contributed by atoms with van der Waals surface area (Å²) in [6.45, 7) is 0. The molecule has 3 N–H and O–H groups in total. The van der Waals surface area contributed by atoms with E-state index in [0.29, 0.717) is 16.3 Å². The van der Waals surface area contributed by atoms with Crippen molar-refractivity contribution < 1.29 is 9.53 Å². The zero-order valence-electron chi connectivity index (χ0n) is 12.3. The minimum atomic E-state index is -0.370. The molecular weight excluding hydrogens is 330 g/mol. The number of nitrogens with zero attached hydrogens (tertiary/aromatic N) is 3. The predicted octanol–water partition coefficient (Wildman–Crippen LogP) is 3.15. The average molecular weight is 342 g/mol. The third-order valence-electron chi connectivity index (χ3n) is 2.92. The largest absolute Gasteiger partial charge is 0.439 e. The van der Waals surface area contributed by atoms with E-state index in [0.717, 1.165) is 0 Å². The van der Waals surface area contributed by atoms with Gasteiger partial charge in [-0.15, -0.1) is 0 Å². The Morgan fingerprint density at radius 1 is 1.12 bits per heavy atom. The van der Waals surface area contributed by atoms with E-state index in [-0.39, 0.29) is 23.6 Å². The fraction of sp³-hybridized carbons (Fsp3) is 0. The fourth-order valence-corrected chi connectivity index (χ4v) is 2.09. The molecule has 7 nitrogen and oxygen atoms in total. The van der Waals surface area contributed by atoms with Crippen molar-refractivity contribution in [1.29, 1.82) is 0 Å². The number of carbonyl (C=O) groups excluding carboxylic acids is 1. The third kappa shape index (κ3) is 3.96. The zero-order valence-corrected chi connectivity index (χ0v) is 13.1. The van der Waals surface area contributed by atoms with Crippen LogP contribution in [0.3, 0.4) is 0 Å². The summed E-state index contributed by atoms with van der Waals surface area (Å²) >= 11 is 5.88. The SMILES string of the molecule is Nc1nc(NC(=O)c2cccc(Cl)c2)cc(Oc2ccncc2)n1. The summed E-state index contributed by atoms with van der Waals surface area (Å²) in [5, 5.41) is 3.10. The van der Waals surface area contributed by atoms with E-state index in [4.69, 9.17) is 22.1 Å². The van der Waals surface area contributed by atoms with Gasteiger partial charge in [0.1, 0.15) is 11.6 Å². The van der Waals surface area contributed by atoms with E-state index in [2.05, 4.69) is 20.3 Å². The first-order valence-corrected chi connectivity index (χ1v) is 7.27. The second-order valence-corrected chi connectivity index (χ2v) is 5.14. The number of nitrogens with two attached hydrogens (primary N) is 1. The summed E-state index contributed by atoms with van der Waals surface area (Å²) in [6, 6.07) is 11.4. The molecular formula is C16H12ClN5O2. The monoisotopic (exact) mass is 341 g/mol. The first-order chi connectivity index (χ1) is 11.6. The number of hydrogen-bond donors (Lipinski definition) is 2. The van der Waals surface area contributed by atoms with Gasteiger partial charge in [0.25, 0.3) is 5.91 Å². The molecule has 0 aliphatic carbocycles. The number of amides is 1. The smallest absolute Gasteiger partial charge is 0.256 e. The minimum absolute atomic E-state index is 0.0250. The van der Waals surface area contributed by atoms with Crippen molar-refractivity contribution in [2.24, 2.45) is 0 Å². The van der Waals surface area contributed by atoms with Gasteiger partial charge >= 0.3 is 0 Å². The van der Waals surface area contributed by atoms with Crippen LogP contribution in [0.4, 0.5) is 11.8 Å². The molecule has 0 spiro atoms. The minimum Gasteiger partial charge on any atom is -0.439 e. The van der Waals surface area contributed by atoms with Gasteiger partial charge in [-0.1, -0.05) is 17.7 Å². The molecule has 3 rings (SSSR count). The summed E-state index contributed by atoms with van der Waals surface area (Å²) in [7, 11) is 0. The molecule has 2 heterocycles. The van der Waals surface area contributed by atoms with E-state index >= 15 is 0 Å². The number of benzene rings is 1. The molecule has 24 heavy (non-hydrogen) atoms. The molecule has 0 unspecified atom stereocenters. The molecule has 0 saturated heterocycles. The summed E-state index contributed by atoms with van der Waals surface area (Å²) in [5.41, 5.74) is 6.06. The van der Waals surface area contributed by atoms with Crippen LogP contribution in [0, 0.1) is 0 Å². The first kappa shape index (κ1) is 15.7. The van der Waals surface area contributed by atoms with Gasteiger partial charge < -0.3 is 15.8 Å². The van der Waals surface area contributed by atoms with Gasteiger partial charge in [0.2, 0.25) is 11.8 Å². The molecule has 2 aromatic heterocycles. The third-order valence-corrected chi connectivity index (χ3v) is 3.16. The van der Waals surface area contributed by atoms with Gasteiger partial charge in [-0.05, 0) is 30.3 Å². The van der Waals surface area contributed by atoms with Crippen molar-refractivity contribution in [3.63, 3.8) is 0 Å². The molecule has 0 fully saturated rings. The number of anilines is 2. The summed E-state index contributed by atoms with van der Waals surface area (Å²) in [5.74, 6) is 0.565. The van der Waals surface area contributed by atoms with Gasteiger partial charge in [-0.25, -0.2) is 0 Å². The van der Waals surface area contributed by atoms with Crippen molar-refractivity contribution >= 4 is 29.3 Å². The Kier molecular flexibility index (Phi) is 4.53. The van der Waals surface area contributed by atoms with Crippen LogP contribution in [0.2, 0.25) is 5.02 Å². The number of nitrogens with one attached hydrogen (secondary N) is 1. The number of pyridine rings is 1. The van der Waals surface area contributed by atoms with Gasteiger partial charge in [-0.3, -0.25) is 9.78 Å². The Morgan fingerprint density at radius 2 is 1.92 bits per heavy atom. The summed E-state index contributed by atoms with van der Waals surface area (Å²) < 4.78 is 5.56. The van der Waals surface area contributed by atoms with Crippen LogP contribution in [0.1, 0.15) is 10.4 Å². The number of aromatic nitrogens is 3. The van der Waals surface area contributed by atoms with Crippen molar-refractivity contribution in [2.75, 3.05) is 11.1 Å². The maximum absolute atomic E-state index is 12.2. The Morgan fingerprint density at radius 3 is 2.67 bits per heavy atom. The topological polar surface area (TPSA) is 103 Å². The quantitative estimate of drug-likeness (QED) is 0.755. The summed E-state index contributed by atoms with van der Waals surface area (Å²) in [6.07, 6.45) is 3.17. The van der Waals surface area contributed by atoms with Crippen molar-refractivity contribution in [1.82, 2.24) is 15.0 Å². The molecule has 0 saturated carbocycles. The van der Waals surface area contributed by atoms with Gasteiger partial charge in [0.15, 0.2) is 0 Å². The normalized spacial score (nSPS) is 10.2. The Balaban J connectivity index is 1.80. The highest BCUT2D eigenvalue weighted by Crippen LogP contribution is 2.22. The van der Waals surface area contributed by atoms with Crippen LogP contribution in [-0.4, -0.2) is 20.9 Å². The van der Waals surface area contributed by atoms with Crippen LogP contribution < -0.4 is 15.8 Å². The Hall–Kier alpha value is -3.19. The van der Waals surface area contributed by atoms with Crippen LogP contribution in [0.15, 0.2) is 54.9 Å². The van der Waals surface area contributed by atoms with Crippen LogP contribution in [-0.2, 0) is 0 Å². The highest BCUT2D eigenvalue weighted by Gasteiger charge is 2.10. The number of carbonyl (C=O) groups is 1.